The maximum Gasteiger partial charge on any atom is 0.321 e. The van der Waals surface area contributed by atoms with Gasteiger partial charge in [0.2, 0.25) is 0 Å². The Kier molecular flexibility index (Phi) is 5.08. The van der Waals surface area contributed by atoms with Gasteiger partial charge >= 0.3 is 12.0 Å². The molecule has 1 aliphatic heterocycles. The van der Waals surface area contributed by atoms with Crippen LogP contribution >= 0.6 is 0 Å². The van der Waals surface area contributed by atoms with E-state index in [0.717, 1.165) is 6.42 Å². The van der Waals surface area contributed by atoms with E-state index in [9.17, 15) is 19.1 Å². The molecular formula is C16H21FN2O4. The fourth-order valence-electron chi connectivity index (χ4n) is 2.43. The lowest BCUT2D eigenvalue weighted by molar-refractivity contribution is -0.146. The summed E-state index contributed by atoms with van der Waals surface area (Å²) in [5.74, 6) is -1.10. The first-order valence-corrected chi connectivity index (χ1v) is 7.57. The third-order valence-electron chi connectivity index (χ3n) is 3.92. The lowest BCUT2D eigenvalue weighted by Gasteiger charge is -2.21. The van der Waals surface area contributed by atoms with E-state index in [1.165, 1.54) is 23.1 Å². The molecule has 1 heterocycles. The average Bonchev–Trinajstić information content (AvgIpc) is 2.91. The van der Waals surface area contributed by atoms with E-state index in [4.69, 9.17) is 4.74 Å². The van der Waals surface area contributed by atoms with Gasteiger partial charge in [-0.25, -0.2) is 9.18 Å². The normalized spacial score (nSPS) is 20.4. The number of hydrogen-bond acceptors (Lipinski definition) is 3. The lowest BCUT2D eigenvalue weighted by atomic mass is 9.90. The number of benzene rings is 1. The van der Waals surface area contributed by atoms with E-state index in [0.29, 0.717) is 25.3 Å². The zero-order valence-corrected chi connectivity index (χ0v) is 13.3. The van der Waals surface area contributed by atoms with E-state index in [1.54, 1.807) is 6.92 Å². The van der Waals surface area contributed by atoms with Crippen LogP contribution in [-0.4, -0.2) is 41.7 Å². The first-order valence-electron chi connectivity index (χ1n) is 7.57. The molecule has 0 radical (unpaired) electrons. The average molecular weight is 324 g/mol. The van der Waals surface area contributed by atoms with E-state index in [-0.39, 0.29) is 12.3 Å². The van der Waals surface area contributed by atoms with Crippen molar-refractivity contribution in [3.05, 3.63) is 24.0 Å². The van der Waals surface area contributed by atoms with Gasteiger partial charge < -0.3 is 20.1 Å². The van der Waals surface area contributed by atoms with Crippen molar-refractivity contribution in [2.24, 2.45) is 5.41 Å². The smallest absolute Gasteiger partial charge is 0.321 e. The van der Waals surface area contributed by atoms with Crippen LogP contribution in [-0.2, 0) is 4.79 Å². The highest BCUT2D eigenvalue weighted by Gasteiger charge is 2.42. The van der Waals surface area contributed by atoms with Crippen LogP contribution in [0, 0.1) is 11.2 Å². The highest BCUT2D eigenvalue weighted by molar-refractivity contribution is 5.92. The minimum atomic E-state index is -0.929. The molecular weight excluding hydrogens is 303 g/mol. The fourth-order valence-corrected chi connectivity index (χ4v) is 2.43. The molecule has 1 fully saturated rings. The second-order valence-electron chi connectivity index (χ2n) is 5.96. The first kappa shape index (κ1) is 17.1. The number of rotatable bonds is 5. The summed E-state index contributed by atoms with van der Waals surface area (Å²) in [6.45, 7) is 4.46. The molecule has 0 spiro atoms. The molecule has 1 aromatic carbocycles. The molecule has 0 saturated carbocycles. The molecule has 2 rings (SSSR count). The number of halogens is 1. The molecule has 2 N–H and O–H groups in total. The SMILES string of the molecule is CCCOc1cc(F)ccc1NC(=O)N1CCC(C)(C(=O)O)C1. The second-order valence-corrected chi connectivity index (χ2v) is 5.96. The van der Waals surface area contributed by atoms with Crippen molar-refractivity contribution in [1.82, 2.24) is 4.90 Å². The number of carbonyl (C=O) groups excluding carboxylic acids is 1. The highest BCUT2D eigenvalue weighted by atomic mass is 19.1. The van der Waals surface area contributed by atoms with Crippen LogP contribution < -0.4 is 10.1 Å². The minimum Gasteiger partial charge on any atom is -0.491 e. The van der Waals surface area contributed by atoms with Crippen molar-refractivity contribution in [2.75, 3.05) is 25.0 Å². The van der Waals surface area contributed by atoms with Gasteiger partial charge in [-0.2, -0.15) is 0 Å². The second kappa shape index (κ2) is 6.85. The summed E-state index contributed by atoms with van der Waals surface area (Å²) in [4.78, 5) is 25.0. The van der Waals surface area contributed by atoms with Gasteiger partial charge in [-0.1, -0.05) is 6.92 Å². The van der Waals surface area contributed by atoms with Crippen LogP contribution in [0.2, 0.25) is 0 Å². The number of carboxylic acids is 1. The van der Waals surface area contributed by atoms with Crippen molar-refractivity contribution in [1.29, 1.82) is 0 Å². The number of nitrogens with one attached hydrogen (secondary N) is 1. The number of aliphatic carboxylic acids is 1. The lowest BCUT2D eigenvalue weighted by Crippen LogP contribution is -2.37. The van der Waals surface area contributed by atoms with Crippen LogP contribution in [0.3, 0.4) is 0 Å². The topological polar surface area (TPSA) is 78.9 Å². The minimum absolute atomic E-state index is 0.139. The maximum atomic E-state index is 13.3. The van der Waals surface area contributed by atoms with Crippen molar-refractivity contribution in [2.45, 2.75) is 26.7 Å². The molecule has 2 amide bonds. The van der Waals surface area contributed by atoms with E-state index >= 15 is 0 Å². The summed E-state index contributed by atoms with van der Waals surface area (Å²) >= 11 is 0. The number of urea groups is 1. The Hall–Kier alpha value is -2.31. The summed E-state index contributed by atoms with van der Waals surface area (Å²) in [6.07, 6.45) is 1.16. The molecule has 7 heteroatoms. The first-order chi connectivity index (χ1) is 10.9. The molecule has 6 nitrogen and oxygen atoms in total. The largest absolute Gasteiger partial charge is 0.491 e. The van der Waals surface area contributed by atoms with Crippen molar-refractivity contribution in [3.8, 4) is 5.75 Å². The van der Waals surface area contributed by atoms with Crippen LogP contribution in [0.25, 0.3) is 0 Å². The Bertz CT molecular complexity index is 608. The van der Waals surface area contributed by atoms with Crippen molar-refractivity contribution in [3.63, 3.8) is 0 Å². The van der Waals surface area contributed by atoms with Crippen molar-refractivity contribution >= 4 is 17.7 Å². The summed E-state index contributed by atoms with van der Waals surface area (Å²) < 4.78 is 18.8. The number of carboxylic acid groups (broad SMARTS) is 1. The molecule has 0 aromatic heterocycles. The molecule has 1 unspecified atom stereocenters. The summed E-state index contributed by atoms with van der Waals surface area (Å²) in [5.41, 5.74) is -0.560. The molecule has 126 valence electrons. The molecule has 1 aromatic rings. The maximum absolute atomic E-state index is 13.3. The van der Waals surface area contributed by atoms with E-state index in [1.807, 2.05) is 6.92 Å². The zero-order chi connectivity index (χ0) is 17.0. The monoisotopic (exact) mass is 324 g/mol. The number of carbonyl (C=O) groups is 2. The van der Waals surface area contributed by atoms with Crippen LogP contribution in [0.4, 0.5) is 14.9 Å². The number of nitrogens with zero attached hydrogens (tertiary/aromatic N) is 1. The Morgan fingerprint density at radius 2 is 2.22 bits per heavy atom. The number of anilines is 1. The van der Waals surface area contributed by atoms with Gasteiger partial charge in [-0.05, 0) is 31.9 Å². The fraction of sp³-hybridized carbons (Fsp3) is 0.500. The van der Waals surface area contributed by atoms with E-state index in [2.05, 4.69) is 5.32 Å². The van der Waals surface area contributed by atoms with Gasteiger partial charge in [0.05, 0.1) is 17.7 Å². The Morgan fingerprint density at radius 1 is 1.48 bits per heavy atom. The predicted molar refractivity (Wildman–Crippen MR) is 83.1 cm³/mol. The molecule has 1 saturated heterocycles. The number of amides is 2. The number of ether oxygens (including phenoxy) is 1. The van der Waals surface area contributed by atoms with Gasteiger partial charge in [0.1, 0.15) is 11.6 Å². The third-order valence-corrected chi connectivity index (χ3v) is 3.92. The highest BCUT2D eigenvalue weighted by Crippen LogP contribution is 2.31. The molecule has 1 atom stereocenters. The zero-order valence-electron chi connectivity index (χ0n) is 13.3. The van der Waals surface area contributed by atoms with Crippen LogP contribution in [0.15, 0.2) is 18.2 Å². The van der Waals surface area contributed by atoms with E-state index < -0.39 is 23.2 Å². The standard InChI is InChI=1S/C16H21FN2O4/c1-3-8-23-13-9-11(17)4-5-12(13)18-15(22)19-7-6-16(2,10-19)14(20)21/h4-5,9H,3,6-8,10H2,1-2H3,(H,18,22)(H,20,21). The quantitative estimate of drug-likeness (QED) is 0.873. The molecule has 0 aliphatic carbocycles. The Labute approximate surface area is 134 Å². The number of likely N-dealkylation sites (tertiary alicyclic amines) is 1. The molecule has 1 aliphatic rings. The molecule has 0 bridgehead atoms. The summed E-state index contributed by atoms with van der Waals surface area (Å²) in [5, 5.41) is 11.9. The van der Waals surface area contributed by atoms with Crippen molar-refractivity contribution < 1.29 is 23.8 Å². The Morgan fingerprint density at radius 3 is 2.83 bits per heavy atom. The van der Waals surface area contributed by atoms with Gasteiger partial charge in [0, 0.05) is 19.2 Å². The Balaban J connectivity index is 2.07. The van der Waals surface area contributed by atoms with Crippen LogP contribution in [0.5, 0.6) is 5.75 Å². The van der Waals surface area contributed by atoms with Gasteiger partial charge in [0.15, 0.2) is 0 Å². The van der Waals surface area contributed by atoms with Gasteiger partial charge in [0.25, 0.3) is 0 Å². The third kappa shape index (κ3) is 3.91. The summed E-state index contributed by atoms with van der Waals surface area (Å²) in [6, 6.07) is 3.48. The van der Waals surface area contributed by atoms with Gasteiger partial charge in [-0.3, -0.25) is 4.79 Å². The number of hydrogen-bond donors (Lipinski definition) is 2. The summed E-state index contributed by atoms with van der Waals surface area (Å²) in [7, 11) is 0. The molecule has 23 heavy (non-hydrogen) atoms. The van der Waals surface area contributed by atoms with Gasteiger partial charge in [-0.15, -0.1) is 0 Å². The van der Waals surface area contributed by atoms with Crippen LogP contribution in [0.1, 0.15) is 26.7 Å². The predicted octanol–water partition coefficient (Wildman–Crippen LogP) is 2.94.